The van der Waals surface area contributed by atoms with Crippen LogP contribution in [0.1, 0.15) is 25.3 Å². The van der Waals surface area contributed by atoms with Gasteiger partial charge >= 0.3 is 0 Å². The van der Waals surface area contributed by atoms with E-state index >= 15 is 0 Å². The van der Waals surface area contributed by atoms with E-state index in [-0.39, 0.29) is 0 Å². The van der Waals surface area contributed by atoms with E-state index in [0.717, 1.165) is 27.7 Å². The van der Waals surface area contributed by atoms with Crippen molar-refractivity contribution in [3.05, 3.63) is 54.1 Å². The van der Waals surface area contributed by atoms with Crippen LogP contribution < -0.4 is 4.74 Å². The molecule has 4 heteroatoms. The van der Waals surface area contributed by atoms with E-state index in [9.17, 15) is 0 Å². The molecule has 0 fully saturated rings. The van der Waals surface area contributed by atoms with Crippen molar-refractivity contribution < 1.29 is 4.74 Å². The maximum atomic E-state index is 5.77. The fourth-order valence-corrected chi connectivity index (χ4v) is 2.95. The molecule has 114 valence electrons. The molecule has 0 aliphatic rings. The molecule has 1 N–H and O–H groups in total. The molecule has 22 heavy (non-hydrogen) atoms. The summed E-state index contributed by atoms with van der Waals surface area (Å²) < 4.78 is 5.77. The highest BCUT2D eigenvalue weighted by Crippen LogP contribution is 2.21. The molecule has 0 aliphatic carbocycles. The lowest BCUT2D eigenvalue weighted by Gasteiger charge is -2.08. The lowest BCUT2D eigenvalue weighted by atomic mass is 10.0. The van der Waals surface area contributed by atoms with Gasteiger partial charge in [0.2, 0.25) is 0 Å². The Bertz CT molecular complexity index is 701. The number of aromatic nitrogens is 2. The minimum Gasteiger partial charge on any atom is -0.493 e. The summed E-state index contributed by atoms with van der Waals surface area (Å²) in [4.78, 5) is 7.85. The first kappa shape index (κ1) is 15.0. The third kappa shape index (κ3) is 3.63. The third-order valence-corrected chi connectivity index (χ3v) is 4.34. The van der Waals surface area contributed by atoms with Crippen molar-refractivity contribution in [3.63, 3.8) is 0 Å². The fourth-order valence-electron chi connectivity index (χ4n) is 2.24. The highest BCUT2D eigenvalue weighted by molar-refractivity contribution is 7.99. The van der Waals surface area contributed by atoms with Crippen molar-refractivity contribution in [1.29, 1.82) is 0 Å². The van der Waals surface area contributed by atoms with Crippen LogP contribution >= 0.6 is 11.8 Å². The van der Waals surface area contributed by atoms with Gasteiger partial charge in [0.15, 0.2) is 5.16 Å². The second kappa shape index (κ2) is 6.88. The van der Waals surface area contributed by atoms with Crippen LogP contribution in [0.25, 0.3) is 11.0 Å². The molecule has 0 saturated carbocycles. The van der Waals surface area contributed by atoms with Crippen molar-refractivity contribution in [2.45, 2.75) is 24.9 Å². The minimum absolute atomic E-state index is 0.553. The molecule has 0 spiro atoms. The highest BCUT2D eigenvalue weighted by atomic mass is 32.2. The minimum atomic E-state index is 0.553. The second-order valence-corrected chi connectivity index (χ2v) is 6.56. The van der Waals surface area contributed by atoms with Crippen LogP contribution in [0.2, 0.25) is 0 Å². The van der Waals surface area contributed by atoms with Gasteiger partial charge in [-0.1, -0.05) is 49.9 Å². The first-order valence-electron chi connectivity index (χ1n) is 7.52. The van der Waals surface area contributed by atoms with E-state index in [1.165, 1.54) is 5.56 Å². The summed E-state index contributed by atoms with van der Waals surface area (Å²) in [6.07, 6.45) is 0. The van der Waals surface area contributed by atoms with Gasteiger partial charge in [-0.2, -0.15) is 0 Å². The molecule has 0 aliphatic heterocycles. The summed E-state index contributed by atoms with van der Waals surface area (Å²) in [5.74, 6) is 2.35. The van der Waals surface area contributed by atoms with Gasteiger partial charge in [0.1, 0.15) is 5.75 Å². The van der Waals surface area contributed by atoms with Gasteiger partial charge in [0.05, 0.1) is 17.6 Å². The third-order valence-electron chi connectivity index (χ3n) is 3.51. The fraction of sp³-hybridized carbons (Fsp3) is 0.278. The number of hydrogen-bond donors (Lipinski definition) is 1. The van der Waals surface area contributed by atoms with Crippen molar-refractivity contribution >= 4 is 22.8 Å². The second-order valence-electron chi connectivity index (χ2n) is 5.48. The summed E-state index contributed by atoms with van der Waals surface area (Å²) in [5, 5.41) is 0.944. The standard InChI is InChI=1S/C18H20N2OS/c1-13(2)14-7-9-15(10-8-14)21-11-12-22-18-19-16-5-3-4-6-17(16)20-18/h3-10,13H,11-12H2,1-2H3,(H,19,20). The molecule has 0 radical (unpaired) electrons. The molecule has 1 heterocycles. The van der Waals surface area contributed by atoms with Crippen LogP contribution in [0.3, 0.4) is 0 Å². The van der Waals surface area contributed by atoms with Crippen molar-refractivity contribution in [2.75, 3.05) is 12.4 Å². The molecule has 0 saturated heterocycles. The monoisotopic (exact) mass is 312 g/mol. The first-order valence-corrected chi connectivity index (χ1v) is 8.51. The Morgan fingerprint density at radius 2 is 1.86 bits per heavy atom. The van der Waals surface area contributed by atoms with E-state index in [1.54, 1.807) is 11.8 Å². The maximum absolute atomic E-state index is 5.77. The average molecular weight is 312 g/mol. The van der Waals surface area contributed by atoms with E-state index in [2.05, 4.69) is 35.9 Å². The van der Waals surface area contributed by atoms with E-state index in [4.69, 9.17) is 4.74 Å². The smallest absolute Gasteiger partial charge is 0.166 e. The lowest BCUT2D eigenvalue weighted by Crippen LogP contribution is -2.00. The number of aromatic amines is 1. The Kier molecular flexibility index (Phi) is 4.68. The van der Waals surface area contributed by atoms with Gasteiger partial charge in [-0.25, -0.2) is 4.98 Å². The van der Waals surface area contributed by atoms with Crippen LogP contribution in [0.5, 0.6) is 5.75 Å². The average Bonchev–Trinajstić information content (AvgIpc) is 2.95. The van der Waals surface area contributed by atoms with Gasteiger partial charge in [0.25, 0.3) is 0 Å². The van der Waals surface area contributed by atoms with Crippen molar-refractivity contribution in [3.8, 4) is 5.75 Å². The Morgan fingerprint density at radius 3 is 2.59 bits per heavy atom. The number of thioether (sulfide) groups is 1. The van der Waals surface area contributed by atoms with E-state index < -0.39 is 0 Å². The first-order chi connectivity index (χ1) is 10.7. The number of nitrogens with zero attached hydrogens (tertiary/aromatic N) is 1. The largest absolute Gasteiger partial charge is 0.493 e. The molecule has 1 aromatic heterocycles. The lowest BCUT2D eigenvalue weighted by molar-refractivity contribution is 0.343. The number of nitrogens with one attached hydrogen (secondary N) is 1. The van der Waals surface area contributed by atoms with Gasteiger partial charge in [-0.15, -0.1) is 0 Å². The summed E-state index contributed by atoms with van der Waals surface area (Å²) in [5.41, 5.74) is 3.43. The van der Waals surface area contributed by atoms with Crippen molar-refractivity contribution in [2.24, 2.45) is 0 Å². The molecule has 3 rings (SSSR count). The molecule has 3 aromatic rings. The van der Waals surface area contributed by atoms with Gasteiger partial charge in [0, 0.05) is 5.75 Å². The summed E-state index contributed by atoms with van der Waals surface area (Å²) in [6, 6.07) is 16.4. The number of imidazole rings is 1. The van der Waals surface area contributed by atoms with Crippen LogP contribution in [-0.2, 0) is 0 Å². The molecular weight excluding hydrogens is 292 g/mol. The summed E-state index contributed by atoms with van der Waals surface area (Å²) in [7, 11) is 0. The van der Waals surface area contributed by atoms with Crippen LogP contribution in [0.15, 0.2) is 53.7 Å². The topological polar surface area (TPSA) is 37.9 Å². The summed E-state index contributed by atoms with van der Waals surface area (Å²) >= 11 is 1.68. The Balaban J connectivity index is 1.48. The molecule has 3 nitrogen and oxygen atoms in total. The van der Waals surface area contributed by atoms with E-state index in [1.807, 2.05) is 36.4 Å². The maximum Gasteiger partial charge on any atom is 0.166 e. The summed E-state index contributed by atoms with van der Waals surface area (Å²) in [6.45, 7) is 5.06. The number of ether oxygens (including phenoxy) is 1. The highest BCUT2D eigenvalue weighted by Gasteiger charge is 2.03. The molecule has 0 atom stereocenters. The predicted octanol–water partition coefficient (Wildman–Crippen LogP) is 4.86. The van der Waals surface area contributed by atoms with Crippen LogP contribution in [0, 0.1) is 0 Å². The molecule has 0 unspecified atom stereocenters. The Labute approximate surface area is 135 Å². The Morgan fingerprint density at radius 1 is 1.09 bits per heavy atom. The van der Waals surface area contributed by atoms with Gasteiger partial charge in [-0.05, 0) is 35.7 Å². The number of benzene rings is 2. The van der Waals surface area contributed by atoms with Crippen molar-refractivity contribution in [1.82, 2.24) is 9.97 Å². The number of fused-ring (bicyclic) bond motifs is 1. The quantitative estimate of drug-likeness (QED) is 0.522. The number of H-pyrrole nitrogens is 1. The predicted molar refractivity (Wildman–Crippen MR) is 92.8 cm³/mol. The zero-order valence-corrected chi connectivity index (χ0v) is 13.7. The zero-order chi connectivity index (χ0) is 15.4. The van der Waals surface area contributed by atoms with E-state index in [0.29, 0.717) is 12.5 Å². The zero-order valence-electron chi connectivity index (χ0n) is 12.9. The number of para-hydroxylation sites is 2. The van der Waals surface area contributed by atoms with Gasteiger partial charge < -0.3 is 9.72 Å². The van der Waals surface area contributed by atoms with Crippen LogP contribution in [0.4, 0.5) is 0 Å². The number of rotatable bonds is 6. The molecule has 0 bridgehead atoms. The Hall–Kier alpha value is -1.94. The van der Waals surface area contributed by atoms with Crippen LogP contribution in [-0.4, -0.2) is 22.3 Å². The number of hydrogen-bond acceptors (Lipinski definition) is 3. The molecule has 0 amide bonds. The SMILES string of the molecule is CC(C)c1ccc(OCCSc2nc3ccccc3[nH]2)cc1. The van der Waals surface area contributed by atoms with Gasteiger partial charge in [-0.3, -0.25) is 0 Å². The molecular formula is C18H20N2OS. The molecule has 2 aromatic carbocycles. The normalized spacial score (nSPS) is 11.2.